The van der Waals surface area contributed by atoms with Crippen molar-refractivity contribution in [3.63, 3.8) is 0 Å². The Labute approximate surface area is 151 Å². The van der Waals surface area contributed by atoms with E-state index in [1.807, 2.05) is 24.3 Å². The first-order valence-electron chi connectivity index (χ1n) is 8.00. The lowest BCUT2D eigenvalue weighted by Gasteiger charge is -2.12. The van der Waals surface area contributed by atoms with Crippen LogP contribution in [0.1, 0.15) is 12.0 Å². The van der Waals surface area contributed by atoms with E-state index in [0.717, 1.165) is 11.1 Å². The molecule has 0 radical (unpaired) electrons. The highest BCUT2D eigenvalue weighted by Crippen LogP contribution is 2.30. The molecule has 7 heteroatoms. The van der Waals surface area contributed by atoms with Gasteiger partial charge in [0.1, 0.15) is 5.84 Å². The summed E-state index contributed by atoms with van der Waals surface area (Å²) < 4.78 is 10.4. The van der Waals surface area contributed by atoms with Crippen molar-refractivity contribution in [1.82, 2.24) is 0 Å². The number of hydrogen-bond donors (Lipinski definition) is 3. The number of amides is 2. The number of urea groups is 1. The van der Waals surface area contributed by atoms with Gasteiger partial charge in [0, 0.05) is 30.1 Å². The summed E-state index contributed by atoms with van der Waals surface area (Å²) in [6, 6.07) is 12.3. The second kappa shape index (κ2) is 7.60. The third kappa shape index (κ3) is 3.94. The molecule has 2 amide bonds. The normalized spacial score (nSPS) is 12.8. The van der Waals surface area contributed by atoms with E-state index in [0.29, 0.717) is 35.1 Å². The summed E-state index contributed by atoms with van der Waals surface area (Å²) in [6.45, 7) is 0. The molecule has 0 bridgehead atoms. The zero-order valence-electron chi connectivity index (χ0n) is 14.6. The van der Waals surface area contributed by atoms with Gasteiger partial charge < -0.3 is 25.8 Å². The molecule has 1 aliphatic rings. The van der Waals surface area contributed by atoms with Crippen LogP contribution in [0.15, 0.2) is 53.7 Å². The van der Waals surface area contributed by atoms with Gasteiger partial charge in [-0.15, -0.1) is 0 Å². The molecule has 2 aromatic rings. The summed E-state index contributed by atoms with van der Waals surface area (Å²) in [4.78, 5) is 16.4. The van der Waals surface area contributed by atoms with Crippen LogP contribution >= 0.6 is 0 Å². The zero-order valence-corrected chi connectivity index (χ0v) is 14.6. The second-order valence-corrected chi connectivity index (χ2v) is 5.68. The Kier molecular flexibility index (Phi) is 5.07. The Morgan fingerprint density at radius 2 is 1.77 bits per heavy atom. The van der Waals surface area contributed by atoms with Crippen LogP contribution in [0.4, 0.5) is 16.2 Å². The van der Waals surface area contributed by atoms with Crippen LogP contribution in [0, 0.1) is 0 Å². The Morgan fingerprint density at radius 1 is 1.04 bits per heavy atom. The third-order valence-corrected chi connectivity index (χ3v) is 3.89. The van der Waals surface area contributed by atoms with E-state index in [4.69, 9.17) is 15.2 Å². The number of aliphatic imine (C=N–C) groups is 1. The molecule has 0 atom stereocenters. The first kappa shape index (κ1) is 17.3. The van der Waals surface area contributed by atoms with E-state index in [2.05, 4.69) is 15.6 Å². The van der Waals surface area contributed by atoms with Gasteiger partial charge in [-0.1, -0.05) is 12.1 Å². The maximum Gasteiger partial charge on any atom is 0.323 e. The van der Waals surface area contributed by atoms with Crippen molar-refractivity contribution in [2.75, 3.05) is 24.9 Å². The molecule has 1 aliphatic heterocycles. The van der Waals surface area contributed by atoms with Crippen molar-refractivity contribution in [3.8, 4) is 11.5 Å². The standard InChI is InChI=1S/C19H20N4O3/c1-25-16-7-6-15(10-17(16)26-2)23-19(24)22-14-5-3-4-12(8-14)13-9-18(20)21-11-13/h3-8,10-11H,9H2,1-2H3,(H2,20,21)(H2,22,23,24). The Balaban J connectivity index is 1.67. The molecule has 0 saturated carbocycles. The Hall–Kier alpha value is -3.48. The van der Waals surface area contributed by atoms with Crippen LogP contribution in [-0.2, 0) is 0 Å². The van der Waals surface area contributed by atoms with Crippen molar-refractivity contribution in [2.24, 2.45) is 10.7 Å². The van der Waals surface area contributed by atoms with Gasteiger partial charge in [-0.25, -0.2) is 9.79 Å². The van der Waals surface area contributed by atoms with Crippen LogP contribution < -0.4 is 25.8 Å². The van der Waals surface area contributed by atoms with Gasteiger partial charge in [0.05, 0.1) is 14.2 Å². The summed E-state index contributed by atoms with van der Waals surface area (Å²) in [7, 11) is 3.10. The van der Waals surface area contributed by atoms with Gasteiger partial charge in [0.15, 0.2) is 11.5 Å². The number of nitrogens with two attached hydrogens (primary N) is 1. The van der Waals surface area contributed by atoms with Crippen LogP contribution in [0.2, 0.25) is 0 Å². The summed E-state index contributed by atoms with van der Waals surface area (Å²) in [5.74, 6) is 1.72. The maximum absolute atomic E-state index is 12.3. The fraction of sp³-hybridized carbons (Fsp3) is 0.158. The highest BCUT2D eigenvalue weighted by molar-refractivity contribution is 6.01. The molecule has 7 nitrogen and oxygen atoms in total. The molecule has 2 aromatic carbocycles. The fourth-order valence-electron chi connectivity index (χ4n) is 2.63. The van der Waals surface area contributed by atoms with E-state index >= 15 is 0 Å². The number of carbonyl (C=O) groups is 1. The molecule has 26 heavy (non-hydrogen) atoms. The fourth-order valence-corrected chi connectivity index (χ4v) is 2.63. The zero-order chi connectivity index (χ0) is 18.5. The molecule has 4 N–H and O–H groups in total. The number of nitrogens with one attached hydrogen (secondary N) is 2. The number of anilines is 2. The molecular formula is C19H20N4O3. The van der Waals surface area contributed by atoms with Crippen molar-refractivity contribution >= 4 is 28.8 Å². The van der Waals surface area contributed by atoms with Crippen LogP contribution in [0.5, 0.6) is 11.5 Å². The number of rotatable bonds is 5. The minimum atomic E-state index is -0.356. The highest BCUT2D eigenvalue weighted by atomic mass is 16.5. The highest BCUT2D eigenvalue weighted by Gasteiger charge is 2.11. The number of ether oxygens (including phenoxy) is 2. The lowest BCUT2D eigenvalue weighted by Crippen LogP contribution is -2.19. The first-order valence-corrected chi connectivity index (χ1v) is 8.00. The Morgan fingerprint density at radius 3 is 2.42 bits per heavy atom. The lowest BCUT2D eigenvalue weighted by molar-refractivity contribution is 0.262. The molecule has 0 fully saturated rings. The predicted molar refractivity (Wildman–Crippen MR) is 103 cm³/mol. The molecule has 3 rings (SSSR count). The molecule has 0 spiro atoms. The van der Waals surface area contributed by atoms with E-state index in [1.54, 1.807) is 38.6 Å². The van der Waals surface area contributed by atoms with Gasteiger partial charge >= 0.3 is 6.03 Å². The van der Waals surface area contributed by atoms with Crippen molar-refractivity contribution < 1.29 is 14.3 Å². The first-order chi connectivity index (χ1) is 12.6. The minimum Gasteiger partial charge on any atom is -0.493 e. The number of carbonyl (C=O) groups excluding carboxylic acids is 1. The topological polar surface area (TPSA) is 98.0 Å². The minimum absolute atomic E-state index is 0.356. The van der Waals surface area contributed by atoms with Gasteiger partial charge in [0.25, 0.3) is 0 Å². The van der Waals surface area contributed by atoms with Crippen LogP contribution in [0.25, 0.3) is 5.57 Å². The average Bonchev–Trinajstić information content (AvgIpc) is 3.08. The van der Waals surface area contributed by atoms with Crippen LogP contribution in [-0.4, -0.2) is 26.1 Å². The van der Waals surface area contributed by atoms with Crippen molar-refractivity contribution in [3.05, 3.63) is 54.2 Å². The number of methoxy groups -OCH3 is 2. The van der Waals surface area contributed by atoms with Crippen molar-refractivity contribution in [1.29, 1.82) is 0 Å². The second-order valence-electron chi connectivity index (χ2n) is 5.68. The maximum atomic E-state index is 12.3. The Bertz CT molecular complexity index is 890. The summed E-state index contributed by atoms with van der Waals surface area (Å²) >= 11 is 0. The van der Waals surface area contributed by atoms with E-state index in [1.165, 1.54) is 0 Å². The number of nitrogens with zero attached hydrogens (tertiary/aromatic N) is 1. The monoisotopic (exact) mass is 352 g/mol. The number of benzene rings is 2. The quantitative estimate of drug-likeness (QED) is 0.767. The van der Waals surface area contributed by atoms with E-state index < -0.39 is 0 Å². The van der Waals surface area contributed by atoms with Gasteiger partial charge in [-0.2, -0.15) is 0 Å². The third-order valence-electron chi connectivity index (χ3n) is 3.89. The van der Waals surface area contributed by atoms with E-state index in [9.17, 15) is 4.79 Å². The number of hydrogen-bond acceptors (Lipinski definition) is 5. The molecule has 0 saturated heterocycles. The predicted octanol–water partition coefficient (Wildman–Crippen LogP) is 3.45. The number of amidine groups is 1. The molecule has 0 unspecified atom stereocenters. The lowest BCUT2D eigenvalue weighted by atomic mass is 10.0. The van der Waals surface area contributed by atoms with Gasteiger partial charge in [-0.05, 0) is 35.4 Å². The molecular weight excluding hydrogens is 332 g/mol. The summed E-state index contributed by atoms with van der Waals surface area (Å²) in [6.07, 6.45) is 2.36. The van der Waals surface area contributed by atoms with Crippen LogP contribution in [0.3, 0.4) is 0 Å². The van der Waals surface area contributed by atoms with Crippen molar-refractivity contribution in [2.45, 2.75) is 6.42 Å². The van der Waals surface area contributed by atoms with E-state index in [-0.39, 0.29) is 6.03 Å². The summed E-state index contributed by atoms with van der Waals surface area (Å²) in [5.41, 5.74) is 8.97. The largest absolute Gasteiger partial charge is 0.493 e. The molecule has 1 heterocycles. The summed E-state index contributed by atoms with van der Waals surface area (Å²) in [5, 5.41) is 5.58. The molecule has 134 valence electrons. The average molecular weight is 352 g/mol. The molecule has 0 aliphatic carbocycles. The molecule has 0 aromatic heterocycles. The van der Waals surface area contributed by atoms with Gasteiger partial charge in [0.2, 0.25) is 0 Å². The smallest absolute Gasteiger partial charge is 0.323 e. The van der Waals surface area contributed by atoms with Gasteiger partial charge in [-0.3, -0.25) is 0 Å². The SMILES string of the molecule is COc1ccc(NC(=O)Nc2cccc(C3=CN=C(N)C3)c2)cc1OC.